The quantitative estimate of drug-likeness (QED) is 0.502. The summed E-state index contributed by atoms with van der Waals surface area (Å²) in [5.41, 5.74) is 2.26. The minimum atomic E-state index is -0.378. The number of thiazole rings is 1. The molecule has 1 aliphatic rings. The van der Waals surface area contributed by atoms with E-state index < -0.39 is 0 Å². The average molecular weight is 248 g/mol. The van der Waals surface area contributed by atoms with Crippen molar-refractivity contribution >= 4 is 22.2 Å². The second kappa shape index (κ2) is 3.81. The van der Waals surface area contributed by atoms with Crippen LogP contribution in [0.5, 0.6) is 0 Å². The van der Waals surface area contributed by atoms with E-state index in [4.69, 9.17) is 0 Å². The molecule has 0 spiro atoms. The number of nitro groups is 1. The average Bonchev–Trinajstić information content (AvgIpc) is 2.90. The van der Waals surface area contributed by atoms with Gasteiger partial charge in [0.1, 0.15) is 18.8 Å². The highest BCUT2D eigenvalue weighted by atomic mass is 32.1. The number of rotatable bonds is 2. The van der Waals surface area contributed by atoms with Crippen LogP contribution in [0.1, 0.15) is 0 Å². The lowest BCUT2D eigenvalue weighted by Crippen LogP contribution is -2.30. The largest absolute Gasteiger partial charge is 0.334 e. The molecule has 0 amide bonds. The van der Waals surface area contributed by atoms with Crippen LogP contribution in [0.4, 0.5) is 10.8 Å². The maximum absolute atomic E-state index is 10.6. The minimum absolute atomic E-state index is 0.128. The number of non-ortho nitro benzene ring substituents is 1. The maximum Gasteiger partial charge on any atom is 0.334 e. The Morgan fingerprint density at radius 3 is 2.82 bits per heavy atom. The second-order valence-corrected chi connectivity index (χ2v) is 4.67. The van der Waals surface area contributed by atoms with Crippen molar-refractivity contribution in [2.75, 3.05) is 11.9 Å². The van der Waals surface area contributed by atoms with Crippen molar-refractivity contribution in [1.29, 1.82) is 0 Å². The summed E-state index contributed by atoms with van der Waals surface area (Å²) < 4.78 is 2.20. The number of fused-ring (bicyclic) bond motifs is 1. The smallest absolute Gasteiger partial charge is 0.261 e. The van der Waals surface area contributed by atoms with Gasteiger partial charge in [-0.25, -0.2) is 4.57 Å². The zero-order valence-electron chi connectivity index (χ0n) is 8.92. The number of anilines is 1. The van der Waals surface area contributed by atoms with Crippen molar-refractivity contribution in [1.82, 2.24) is 0 Å². The zero-order valence-corrected chi connectivity index (χ0v) is 9.74. The Hall–Kier alpha value is -1.95. The molecule has 1 aromatic carbocycles. The van der Waals surface area contributed by atoms with E-state index in [2.05, 4.69) is 15.3 Å². The molecule has 17 heavy (non-hydrogen) atoms. The van der Waals surface area contributed by atoms with Gasteiger partial charge in [-0.05, 0) is 12.1 Å². The van der Waals surface area contributed by atoms with Gasteiger partial charge in [-0.1, -0.05) is 11.3 Å². The topological polar surface area (TPSA) is 59.1 Å². The molecule has 3 rings (SSSR count). The number of hydrogen-bond donors (Lipinski definition) is 1. The molecule has 1 N–H and O–H groups in total. The Morgan fingerprint density at radius 1 is 1.35 bits per heavy atom. The van der Waals surface area contributed by atoms with Crippen LogP contribution in [0, 0.1) is 10.1 Å². The lowest BCUT2D eigenvalue weighted by molar-refractivity contribution is -0.655. The Labute approximate surface area is 101 Å². The van der Waals surface area contributed by atoms with Gasteiger partial charge >= 0.3 is 5.13 Å². The molecule has 0 saturated carbocycles. The highest BCUT2D eigenvalue weighted by Gasteiger charge is 2.24. The Balaban J connectivity index is 2.01. The van der Waals surface area contributed by atoms with Crippen LogP contribution in [0.2, 0.25) is 0 Å². The van der Waals surface area contributed by atoms with Gasteiger partial charge in [-0.2, -0.15) is 0 Å². The fourth-order valence-corrected chi connectivity index (χ4v) is 2.95. The van der Waals surface area contributed by atoms with Gasteiger partial charge in [-0.15, -0.1) is 0 Å². The van der Waals surface area contributed by atoms with E-state index in [9.17, 15) is 10.1 Å². The fraction of sp³-hybridized carbons (Fsp3) is 0.182. The first-order valence-corrected chi connectivity index (χ1v) is 6.14. The molecule has 5 nitrogen and oxygen atoms in total. The fourth-order valence-electron chi connectivity index (χ4n) is 1.96. The predicted molar refractivity (Wildman–Crippen MR) is 65.1 cm³/mol. The number of nitrogens with zero attached hydrogens (tertiary/aromatic N) is 2. The lowest BCUT2D eigenvalue weighted by Gasteiger charge is -1.98. The van der Waals surface area contributed by atoms with Crippen LogP contribution in [-0.4, -0.2) is 11.5 Å². The Morgan fingerprint density at radius 2 is 2.12 bits per heavy atom. The number of nitrogens with one attached hydrogen (secondary N) is 1. The third kappa shape index (κ3) is 1.66. The number of benzene rings is 1. The van der Waals surface area contributed by atoms with Crippen LogP contribution >= 0.6 is 11.3 Å². The van der Waals surface area contributed by atoms with Crippen LogP contribution in [0.15, 0.2) is 29.6 Å². The van der Waals surface area contributed by atoms with Gasteiger partial charge in [0.2, 0.25) is 0 Å². The first-order chi connectivity index (χ1) is 8.25. The van der Waals surface area contributed by atoms with Crippen molar-refractivity contribution in [2.45, 2.75) is 6.54 Å². The molecule has 0 radical (unpaired) electrons. The molecule has 2 aromatic rings. The van der Waals surface area contributed by atoms with E-state index in [1.54, 1.807) is 35.6 Å². The van der Waals surface area contributed by atoms with Gasteiger partial charge in [0, 0.05) is 23.1 Å². The molecule has 6 heteroatoms. The Bertz CT molecular complexity index is 577. The third-order valence-electron chi connectivity index (χ3n) is 2.80. The van der Waals surface area contributed by atoms with Crippen molar-refractivity contribution in [3.63, 3.8) is 0 Å². The van der Waals surface area contributed by atoms with Crippen LogP contribution < -0.4 is 9.88 Å². The molecule has 0 saturated heterocycles. The van der Waals surface area contributed by atoms with E-state index in [-0.39, 0.29) is 10.6 Å². The van der Waals surface area contributed by atoms with E-state index in [1.807, 2.05) is 0 Å². The van der Waals surface area contributed by atoms with E-state index >= 15 is 0 Å². The third-order valence-corrected chi connectivity index (χ3v) is 3.73. The maximum atomic E-state index is 10.6. The summed E-state index contributed by atoms with van der Waals surface area (Å²) in [6.45, 7) is 1.90. The molecule has 2 heterocycles. The van der Waals surface area contributed by atoms with Crippen LogP contribution in [0.25, 0.3) is 11.3 Å². The summed E-state index contributed by atoms with van der Waals surface area (Å²) in [7, 11) is 0. The SMILES string of the molecule is O=[N+]([O-])c1ccc(-c2csc3[n+]2CCN3)cc1. The summed E-state index contributed by atoms with van der Waals surface area (Å²) in [5.74, 6) is 0. The molecular formula is C11H10N3O2S+. The number of aromatic nitrogens is 1. The van der Waals surface area contributed by atoms with Crippen molar-refractivity contribution in [2.24, 2.45) is 0 Å². The molecular weight excluding hydrogens is 238 g/mol. The normalized spacial score (nSPS) is 13.2. The molecule has 0 fully saturated rings. The highest BCUT2D eigenvalue weighted by molar-refractivity contribution is 7.13. The summed E-state index contributed by atoms with van der Waals surface area (Å²) in [4.78, 5) is 10.2. The number of nitro benzene ring substituents is 1. The van der Waals surface area contributed by atoms with E-state index in [0.717, 1.165) is 29.5 Å². The summed E-state index contributed by atoms with van der Waals surface area (Å²) in [5, 5.41) is 17.1. The Kier molecular flexibility index (Phi) is 2.29. The van der Waals surface area contributed by atoms with Gasteiger partial charge < -0.3 is 0 Å². The number of hydrogen-bond acceptors (Lipinski definition) is 4. The van der Waals surface area contributed by atoms with Crippen LogP contribution in [-0.2, 0) is 6.54 Å². The minimum Gasteiger partial charge on any atom is -0.261 e. The van der Waals surface area contributed by atoms with Crippen LogP contribution in [0.3, 0.4) is 0 Å². The first kappa shape index (κ1) is 10.2. The summed E-state index contributed by atoms with van der Waals surface area (Å²) in [6, 6.07) is 6.68. The second-order valence-electron chi connectivity index (χ2n) is 3.81. The molecule has 1 aromatic heterocycles. The molecule has 0 atom stereocenters. The molecule has 1 aliphatic heterocycles. The zero-order chi connectivity index (χ0) is 11.8. The van der Waals surface area contributed by atoms with E-state index in [1.165, 1.54) is 0 Å². The van der Waals surface area contributed by atoms with E-state index in [0.29, 0.717) is 0 Å². The van der Waals surface area contributed by atoms with Gasteiger partial charge in [-0.3, -0.25) is 15.4 Å². The monoisotopic (exact) mass is 248 g/mol. The molecule has 0 unspecified atom stereocenters. The summed E-state index contributed by atoms with van der Waals surface area (Å²) >= 11 is 1.66. The molecule has 86 valence electrons. The lowest BCUT2D eigenvalue weighted by atomic mass is 10.1. The van der Waals surface area contributed by atoms with Crippen molar-refractivity contribution < 1.29 is 9.49 Å². The van der Waals surface area contributed by atoms with Gasteiger partial charge in [0.15, 0.2) is 0 Å². The first-order valence-electron chi connectivity index (χ1n) is 5.26. The standard InChI is InChI=1S/C11H9N3O2S/c15-14(16)9-3-1-8(2-4-9)10-7-17-11-12-5-6-13(10)11/h1-4,7H,5-6H2/p+1. The van der Waals surface area contributed by atoms with Gasteiger partial charge in [0.05, 0.1) is 4.92 Å². The summed E-state index contributed by atoms with van der Waals surface area (Å²) in [6.07, 6.45) is 0. The molecule has 0 bridgehead atoms. The molecule has 0 aliphatic carbocycles. The predicted octanol–water partition coefficient (Wildman–Crippen LogP) is 2.04. The highest BCUT2D eigenvalue weighted by Crippen LogP contribution is 2.26. The van der Waals surface area contributed by atoms with Crippen molar-refractivity contribution in [3.8, 4) is 11.3 Å². The van der Waals surface area contributed by atoms with Gasteiger partial charge in [0.25, 0.3) is 5.69 Å². The van der Waals surface area contributed by atoms with Crippen molar-refractivity contribution in [3.05, 3.63) is 39.8 Å².